The van der Waals surface area contributed by atoms with Gasteiger partial charge in [0.05, 0.1) is 5.56 Å². The Hall–Kier alpha value is -2.24. The zero-order chi connectivity index (χ0) is 15.6. The molecule has 2 fully saturated rings. The summed E-state index contributed by atoms with van der Waals surface area (Å²) in [5, 5.41) is 8.46. The van der Waals surface area contributed by atoms with E-state index < -0.39 is 0 Å². The molecule has 3 heterocycles. The molecular weight excluding hydrogens is 292 g/mol. The third-order valence-electron chi connectivity index (χ3n) is 4.87. The number of carbonyl (C=O) groups excluding carboxylic acids is 1. The van der Waals surface area contributed by atoms with Crippen molar-refractivity contribution >= 4 is 5.91 Å². The Morgan fingerprint density at radius 2 is 2.00 bits per heavy atom. The van der Waals surface area contributed by atoms with E-state index in [0.717, 1.165) is 44.5 Å². The first kappa shape index (κ1) is 14.4. The van der Waals surface area contributed by atoms with Gasteiger partial charge in [-0.05, 0) is 44.2 Å². The van der Waals surface area contributed by atoms with Crippen LogP contribution >= 0.6 is 0 Å². The average Bonchev–Trinajstić information content (AvgIpc) is 3.02. The summed E-state index contributed by atoms with van der Waals surface area (Å²) in [7, 11) is 0. The van der Waals surface area contributed by atoms with Gasteiger partial charge in [-0.1, -0.05) is 6.42 Å². The van der Waals surface area contributed by atoms with Crippen molar-refractivity contribution in [3.8, 4) is 0 Å². The first-order valence-electron chi connectivity index (χ1n) is 8.37. The summed E-state index contributed by atoms with van der Waals surface area (Å²) in [5.41, 5.74) is 0.609. The molecule has 120 valence electrons. The van der Waals surface area contributed by atoms with E-state index in [1.165, 1.54) is 6.42 Å². The molecule has 1 amide bonds. The van der Waals surface area contributed by atoms with Crippen LogP contribution < -0.4 is 0 Å². The quantitative estimate of drug-likeness (QED) is 0.871. The van der Waals surface area contributed by atoms with Gasteiger partial charge in [-0.25, -0.2) is 0 Å². The molecule has 1 aliphatic carbocycles. The molecule has 0 N–H and O–H groups in total. The lowest BCUT2D eigenvalue weighted by molar-refractivity contribution is 0.0567. The summed E-state index contributed by atoms with van der Waals surface area (Å²) >= 11 is 0. The molecule has 2 aromatic heterocycles. The number of amides is 1. The van der Waals surface area contributed by atoms with E-state index in [-0.39, 0.29) is 11.9 Å². The number of nitrogens with zero attached hydrogens (tertiary/aromatic N) is 4. The second-order valence-electron chi connectivity index (χ2n) is 6.36. The third kappa shape index (κ3) is 2.73. The molecule has 1 unspecified atom stereocenters. The predicted octanol–water partition coefficient (Wildman–Crippen LogP) is 3.10. The minimum absolute atomic E-state index is 0.00815. The number of rotatable bonds is 3. The molecule has 0 bridgehead atoms. The summed E-state index contributed by atoms with van der Waals surface area (Å²) in [6, 6.07) is 3.47. The van der Waals surface area contributed by atoms with E-state index in [1.54, 1.807) is 24.5 Å². The van der Waals surface area contributed by atoms with Gasteiger partial charge in [-0.3, -0.25) is 9.78 Å². The standard InChI is InChI=1S/C17H20N4O2/c22-17(13-7-4-9-18-11-13)21-10-2-1-8-14(21)16-20-19-15(23-16)12-5-3-6-12/h4,7,9,11-12,14H,1-3,5-6,8,10H2. The number of likely N-dealkylation sites (tertiary alicyclic amines) is 1. The fourth-order valence-corrected chi connectivity index (χ4v) is 3.29. The smallest absolute Gasteiger partial charge is 0.256 e. The van der Waals surface area contributed by atoms with Gasteiger partial charge in [0.1, 0.15) is 6.04 Å². The predicted molar refractivity (Wildman–Crippen MR) is 82.8 cm³/mol. The largest absolute Gasteiger partial charge is 0.423 e. The molecule has 23 heavy (non-hydrogen) atoms. The van der Waals surface area contributed by atoms with Crippen LogP contribution in [0.5, 0.6) is 0 Å². The summed E-state index contributed by atoms with van der Waals surface area (Å²) in [6.07, 6.45) is 9.73. The molecule has 6 heteroatoms. The monoisotopic (exact) mass is 312 g/mol. The molecule has 1 saturated carbocycles. The Morgan fingerprint density at radius 3 is 2.74 bits per heavy atom. The summed E-state index contributed by atoms with van der Waals surface area (Å²) in [4.78, 5) is 18.7. The van der Waals surface area contributed by atoms with Gasteiger partial charge in [-0.15, -0.1) is 10.2 Å². The van der Waals surface area contributed by atoms with E-state index in [0.29, 0.717) is 17.4 Å². The summed E-state index contributed by atoms with van der Waals surface area (Å²) < 4.78 is 5.91. The molecule has 0 radical (unpaired) electrons. The zero-order valence-electron chi connectivity index (χ0n) is 13.0. The molecule has 2 aliphatic rings. The van der Waals surface area contributed by atoms with Gasteiger partial charge in [0.25, 0.3) is 5.91 Å². The molecule has 4 rings (SSSR count). The molecule has 1 atom stereocenters. The molecule has 0 aromatic carbocycles. The topological polar surface area (TPSA) is 72.1 Å². The van der Waals surface area contributed by atoms with E-state index >= 15 is 0 Å². The van der Waals surface area contributed by atoms with Gasteiger partial charge in [0.15, 0.2) is 0 Å². The summed E-state index contributed by atoms with van der Waals surface area (Å²) in [6.45, 7) is 0.722. The van der Waals surface area contributed by atoms with Gasteiger partial charge in [-0.2, -0.15) is 0 Å². The minimum Gasteiger partial charge on any atom is -0.423 e. The third-order valence-corrected chi connectivity index (χ3v) is 4.87. The van der Waals surface area contributed by atoms with Crippen molar-refractivity contribution in [2.24, 2.45) is 0 Å². The first-order valence-corrected chi connectivity index (χ1v) is 8.37. The van der Waals surface area contributed by atoms with Crippen LogP contribution in [0.2, 0.25) is 0 Å². The number of pyridine rings is 1. The normalized spacial score (nSPS) is 21.9. The van der Waals surface area contributed by atoms with E-state index in [4.69, 9.17) is 4.42 Å². The SMILES string of the molecule is O=C(c1cccnc1)N1CCCCC1c1nnc(C2CCC2)o1. The highest BCUT2D eigenvalue weighted by Crippen LogP contribution is 2.37. The van der Waals surface area contributed by atoms with Crippen molar-refractivity contribution in [3.63, 3.8) is 0 Å². The number of hydrogen-bond acceptors (Lipinski definition) is 5. The molecule has 2 aromatic rings. The molecule has 1 aliphatic heterocycles. The maximum absolute atomic E-state index is 12.8. The van der Waals surface area contributed by atoms with Gasteiger partial charge in [0.2, 0.25) is 11.8 Å². The van der Waals surface area contributed by atoms with Gasteiger partial charge >= 0.3 is 0 Å². The molecular formula is C17H20N4O2. The van der Waals surface area contributed by atoms with Crippen LogP contribution in [0.3, 0.4) is 0 Å². The highest BCUT2D eigenvalue weighted by atomic mass is 16.4. The number of piperidine rings is 1. The fraction of sp³-hybridized carbons (Fsp3) is 0.529. The van der Waals surface area contributed by atoms with Crippen molar-refractivity contribution in [1.29, 1.82) is 0 Å². The van der Waals surface area contributed by atoms with Crippen LogP contribution in [-0.2, 0) is 0 Å². The van der Waals surface area contributed by atoms with Crippen LogP contribution in [0.25, 0.3) is 0 Å². The Balaban J connectivity index is 1.57. The Bertz CT molecular complexity index is 681. The zero-order valence-corrected chi connectivity index (χ0v) is 13.0. The van der Waals surface area contributed by atoms with Crippen molar-refractivity contribution < 1.29 is 9.21 Å². The lowest BCUT2D eigenvalue weighted by Gasteiger charge is -2.33. The van der Waals surface area contributed by atoms with Crippen LogP contribution in [-0.4, -0.2) is 32.5 Å². The average molecular weight is 312 g/mol. The van der Waals surface area contributed by atoms with Crippen LogP contribution in [0.15, 0.2) is 28.9 Å². The maximum Gasteiger partial charge on any atom is 0.256 e. The fourth-order valence-electron chi connectivity index (χ4n) is 3.29. The van der Waals surface area contributed by atoms with Crippen molar-refractivity contribution in [1.82, 2.24) is 20.1 Å². The second-order valence-corrected chi connectivity index (χ2v) is 6.36. The number of carbonyl (C=O) groups is 1. The van der Waals surface area contributed by atoms with E-state index in [1.807, 2.05) is 4.90 Å². The maximum atomic E-state index is 12.8. The lowest BCUT2D eigenvalue weighted by Crippen LogP contribution is -2.38. The summed E-state index contributed by atoms with van der Waals surface area (Å²) in [5.74, 6) is 1.74. The Kier molecular flexibility index (Phi) is 3.81. The molecule has 1 saturated heterocycles. The lowest BCUT2D eigenvalue weighted by atomic mass is 9.85. The second kappa shape index (κ2) is 6.10. The Labute approximate surface area is 134 Å². The molecule has 6 nitrogen and oxygen atoms in total. The molecule has 0 spiro atoms. The first-order chi connectivity index (χ1) is 11.3. The number of aromatic nitrogens is 3. The van der Waals surface area contributed by atoms with Crippen LogP contribution in [0.1, 0.15) is 72.6 Å². The van der Waals surface area contributed by atoms with Crippen LogP contribution in [0, 0.1) is 0 Å². The van der Waals surface area contributed by atoms with E-state index in [9.17, 15) is 4.79 Å². The highest BCUT2D eigenvalue weighted by molar-refractivity contribution is 5.94. The van der Waals surface area contributed by atoms with Crippen LogP contribution in [0.4, 0.5) is 0 Å². The highest BCUT2D eigenvalue weighted by Gasteiger charge is 2.34. The van der Waals surface area contributed by atoms with Crippen molar-refractivity contribution in [2.75, 3.05) is 6.54 Å². The Morgan fingerprint density at radius 1 is 1.13 bits per heavy atom. The van der Waals surface area contributed by atoms with Gasteiger partial charge in [0, 0.05) is 24.9 Å². The minimum atomic E-state index is -0.113. The number of hydrogen-bond donors (Lipinski definition) is 0. The van der Waals surface area contributed by atoms with Crippen molar-refractivity contribution in [3.05, 3.63) is 41.9 Å². The van der Waals surface area contributed by atoms with Gasteiger partial charge < -0.3 is 9.32 Å². The van der Waals surface area contributed by atoms with Crippen molar-refractivity contribution in [2.45, 2.75) is 50.5 Å². The van der Waals surface area contributed by atoms with E-state index in [2.05, 4.69) is 15.2 Å².